The fraction of sp³-hybridized carbons (Fsp3) is 0.375. The van der Waals surface area contributed by atoms with Gasteiger partial charge in [-0.05, 0) is 33.2 Å². The van der Waals surface area contributed by atoms with Crippen LogP contribution in [0.1, 0.15) is 17.3 Å². The Hall–Kier alpha value is -1.56. The van der Waals surface area contributed by atoms with E-state index in [0.717, 1.165) is 11.9 Å². The van der Waals surface area contributed by atoms with E-state index in [-0.39, 0.29) is 0 Å². The van der Waals surface area contributed by atoms with Gasteiger partial charge in [-0.1, -0.05) is 23.2 Å². The lowest BCUT2D eigenvalue weighted by Crippen LogP contribution is -2.22. The first kappa shape index (κ1) is 17.8. The summed E-state index contributed by atoms with van der Waals surface area (Å²) in [5, 5.41) is 4.83. The van der Waals surface area contributed by atoms with E-state index in [2.05, 4.69) is 10.3 Å². The van der Waals surface area contributed by atoms with Crippen molar-refractivity contribution in [1.82, 2.24) is 9.88 Å². The molecule has 23 heavy (non-hydrogen) atoms. The third kappa shape index (κ3) is 4.05. The van der Waals surface area contributed by atoms with Gasteiger partial charge in [-0.15, -0.1) is 0 Å². The largest absolute Gasteiger partial charge is 0.462 e. The molecular weight excluding hydrogens is 337 g/mol. The van der Waals surface area contributed by atoms with Crippen LogP contribution in [-0.4, -0.2) is 49.6 Å². The Balaban J connectivity index is 2.52. The number of hydrogen-bond donors (Lipinski definition) is 1. The lowest BCUT2D eigenvalue weighted by molar-refractivity contribution is 0.0527. The van der Waals surface area contributed by atoms with Gasteiger partial charge in [0.05, 0.1) is 27.9 Å². The lowest BCUT2D eigenvalue weighted by atomic mass is 10.1. The number of anilines is 1. The fourth-order valence-corrected chi connectivity index (χ4v) is 2.53. The number of likely N-dealkylation sites (N-methyl/N-ethyl adjacent to an activating group) is 1. The molecule has 7 heteroatoms. The topological polar surface area (TPSA) is 54.5 Å². The number of rotatable bonds is 6. The number of nitrogens with zero attached hydrogens (tertiary/aromatic N) is 2. The Kier molecular flexibility index (Phi) is 6.04. The van der Waals surface area contributed by atoms with Gasteiger partial charge in [-0.2, -0.15) is 0 Å². The number of fused-ring (bicyclic) bond motifs is 1. The van der Waals surface area contributed by atoms with Crippen LogP contribution in [0, 0.1) is 0 Å². The van der Waals surface area contributed by atoms with Crippen molar-refractivity contribution in [3.63, 3.8) is 0 Å². The summed E-state index contributed by atoms with van der Waals surface area (Å²) < 4.78 is 5.11. The predicted molar refractivity (Wildman–Crippen MR) is 94.8 cm³/mol. The number of aromatic nitrogens is 1. The first-order valence-electron chi connectivity index (χ1n) is 7.28. The molecule has 1 heterocycles. The molecule has 0 amide bonds. The Morgan fingerprint density at radius 2 is 2.09 bits per heavy atom. The SMILES string of the molecule is CCOC(=O)c1cnc2c(Cl)c(Cl)ccc2c1NCCN(C)C. The molecule has 0 atom stereocenters. The molecular formula is C16H19Cl2N3O2. The molecule has 0 bridgehead atoms. The highest BCUT2D eigenvalue weighted by molar-refractivity contribution is 6.45. The van der Waals surface area contributed by atoms with Crippen molar-refractivity contribution < 1.29 is 9.53 Å². The molecule has 1 aromatic carbocycles. The van der Waals surface area contributed by atoms with E-state index in [1.165, 1.54) is 6.20 Å². The second-order valence-corrected chi connectivity index (χ2v) is 6.04. The van der Waals surface area contributed by atoms with Crippen LogP contribution >= 0.6 is 23.2 Å². The van der Waals surface area contributed by atoms with Crippen LogP contribution in [0.3, 0.4) is 0 Å². The molecule has 0 saturated carbocycles. The van der Waals surface area contributed by atoms with Gasteiger partial charge in [0, 0.05) is 24.7 Å². The summed E-state index contributed by atoms with van der Waals surface area (Å²) in [6, 6.07) is 3.50. The zero-order chi connectivity index (χ0) is 17.0. The van der Waals surface area contributed by atoms with Crippen LogP contribution in [0.4, 0.5) is 5.69 Å². The van der Waals surface area contributed by atoms with Crippen molar-refractivity contribution in [2.45, 2.75) is 6.92 Å². The Morgan fingerprint density at radius 3 is 2.74 bits per heavy atom. The first-order valence-corrected chi connectivity index (χ1v) is 8.03. The second-order valence-electron chi connectivity index (χ2n) is 5.25. The number of halogens is 2. The minimum absolute atomic E-state index is 0.301. The van der Waals surface area contributed by atoms with E-state index in [0.29, 0.717) is 40.0 Å². The maximum atomic E-state index is 12.2. The van der Waals surface area contributed by atoms with Crippen molar-refractivity contribution in [2.75, 3.05) is 39.1 Å². The fourth-order valence-electron chi connectivity index (χ4n) is 2.17. The van der Waals surface area contributed by atoms with Gasteiger partial charge < -0.3 is 15.0 Å². The summed E-state index contributed by atoms with van der Waals surface area (Å²) in [6.45, 7) is 3.55. The van der Waals surface area contributed by atoms with Crippen LogP contribution in [0.5, 0.6) is 0 Å². The third-order valence-corrected chi connectivity index (χ3v) is 4.08. The summed E-state index contributed by atoms with van der Waals surface area (Å²) in [5.74, 6) is -0.416. The zero-order valence-corrected chi connectivity index (χ0v) is 14.8. The Labute approximate surface area is 145 Å². The molecule has 5 nitrogen and oxygen atoms in total. The molecule has 0 fully saturated rings. The minimum Gasteiger partial charge on any atom is -0.462 e. The average Bonchev–Trinajstić information content (AvgIpc) is 2.51. The van der Waals surface area contributed by atoms with E-state index in [1.54, 1.807) is 19.1 Å². The van der Waals surface area contributed by atoms with Crippen molar-refractivity contribution in [3.05, 3.63) is 33.9 Å². The molecule has 124 valence electrons. The van der Waals surface area contributed by atoms with E-state index in [9.17, 15) is 4.79 Å². The van der Waals surface area contributed by atoms with Gasteiger partial charge in [0.15, 0.2) is 0 Å². The van der Waals surface area contributed by atoms with Gasteiger partial charge in [0.1, 0.15) is 5.56 Å². The summed E-state index contributed by atoms with van der Waals surface area (Å²) in [5.41, 5.74) is 1.60. The zero-order valence-electron chi connectivity index (χ0n) is 13.3. The van der Waals surface area contributed by atoms with E-state index in [4.69, 9.17) is 27.9 Å². The maximum absolute atomic E-state index is 12.2. The number of carbonyl (C=O) groups is 1. The van der Waals surface area contributed by atoms with Crippen LogP contribution < -0.4 is 5.32 Å². The minimum atomic E-state index is -0.416. The second kappa shape index (κ2) is 7.81. The van der Waals surface area contributed by atoms with Crippen molar-refractivity contribution in [1.29, 1.82) is 0 Å². The van der Waals surface area contributed by atoms with Crippen LogP contribution in [0.25, 0.3) is 10.9 Å². The van der Waals surface area contributed by atoms with Crippen LogP contribution in [-0.2, 0) is 4.74 Å². The summed E-state index contributed by atoms with van der Waals surface area (Å²) in [4.78, 5) is 18.5. The van der Waals surface area contributed by atoms with E-state index < -0.39 is 5.97 Å². The highest BCUT2D eigenvalue weighted by Crippen LogP contribution is 2.34. The monoisotopic (exact) mass is 355 g/mol. The first-order chi connectivity index (χ1) is 11.0. The maximum Gasteiger partial charge on any atom is 0.341 e. The van der Waals surface area contributed by atoms with Crippen LogP contribution in [0.2, 0.25) is 10.0 Å². The number of pyridine rings is 1. The Bertz CT molecular complexity index is 720. The number of ether oxygens (including phenoxy) is 1. The third-order valence-electron chi connectivity index (χ3n) is 3.29. The van der Waals surface area contributed by atoms with E-state index in [1.807, 2.05) is 19.0 Å². The molecule has 1 aromatic heterocycles. The number of benzene rings is 1. The quantitative estimate of drug-likeness (QED) is 0.800. The molecule has 1 N–H and O–H groups in total. The van der Waals surface area contributed by atoms with Gasteiger partial charge in [0.2, 0.25) is 0 Å². The summed E-state index contributed by atoms with van der Waals surface area (Å²) in [7, 11) is 3.96. The van der Waals surface area contributed by atoms with Crippen molar-refractivity contribution in [2.24, 2.45) is 0 Å². The van der Waals surface area contributed by atoms with Crippen molar-refractivity contribution in [3.8, 4) is 0 Å². The van der Waals surface area contributed by atoms with E-state index >= 15 is 0 Å². The van der Waals surface area contributed by atoms with Gasteiger partial charge >= 0.3 is 5.97 Å². The molecule has 0 aliphatic heterocycles. The number of esters is 1. The Morgan fingerprint density at radius 1 is 1.35 bits per heavy atom. The van der Waals surface area contributed by atoms with Gasteiger partial charge in [-0.25, -0.2) is 4.79 Å². The van der Waals surface area contributed by atoms with Gasteiger partial charge in [-0.3, -0.25) is 4.98 Å². The van der Waals surface area contributed by atoms with Gasteiger partial charge in [0.25, 0.3) is 0 Å². The molecule has 0 aliphatic carbocycles. The molecule has 0 saturated heterocycles. The molecule has 2 rings (SSSR count). The molecule has 0 aliphatic rings. The number of carbonyl (C=O) groups excluding carboxylic acids is 1. The van der Waals surface area contributed by atoms with Crippen molar-refractivity contribution >= 4 is 45.8 Å². The smallest absolute Gasteiger partial charge is 0.341 e. The normalized spacial score (nSPS) is 11.0. The standard InChI is InChI=1S/C16H19Cl2N3O2/c1-4-23-16(22)11-9-20-15-10(5-6-12(17)13(15)18)14(11)19-7-8-21(2)3/h5-6,9H,4,7-8H2,1-3H3,(H,19,20). The summed E-state index contributed by atoms with van der Waals surface area (Å²) in [6.07, 6.45) is 1.47. The lowest BCUT2D eigenvalue weighted by Gasteiger charge is -2.16. The molecule has 0 spiro atoms. The summed E-state index contributed by atoms with van der Waals surface area (Å²) >= 11 is 12.3. The average molecular weight is 356 g/mol. The molecule has 0 unspecified atom stereocenters. The highest BCUT2D eigenvalue weighted by Gasteiger charge is 2.18. The number of nitrogens with one attached hydrogen (secondary N) is 1. The highest BCUT2D eigenvalue weighted by atomic mass is 35.5. The van der Waals surface area contributed by atoms with Crippen LogP contribution in [0.15, 0.2) is 18.3 Å². The molecule has 0 radical (unpaired) electrons. The predicted octanol–water partition coefficient (Wildman–Crippen LogP) is 3.69. The molecule has 2 aromatic rings. The number of hydrogen-bond acceptors (Lipinski definition) is 5.